The van der Waals surface area contributed by atoms with Gasteiger partial charge in [-0.2, -0.15) is 0 Å². The Morgan fingerprint density at radius 2 is 2.17 bits per heavy atom. The number of nitrogens with zero attached hydrogens (tertiary/aromatic N) is 1. The highest BCUT2D eigenvalue weighted by Gasteiger charge is 2.20. The second kappa shape index (κ2) is 5.91. The molecule has 0 radical (unpaired) electrons. The molecule has 0 atom stereocenters. The van der Waals surface area contributed by atoms with Crippen LogP contribution >= 0.6 is 0 Å². The smallest absolute Gasteiger partial charge is 0.254 e. The maximum atomic E-state index is 13.3. The monoisotopic (exact) mass is 252 g/mol. The van der Waals surface area contributed by atoms with Gasteiger partial charge >= 0.3 is 0 Å². The van der Waals surface area contributed by atoms with Gasteiger partial charge in [0.05, 0.1) is 17.9 Å². The minimum atomic E-state index is -0.603. The zero-order valence-corrected chi connectivity index (χ0v) is 10.1. The van der Waals surface area contributed by atoms with Gasteiger partial charge in [0.15, 0.2) is 5.82 Å². The maximum Gasteiger partial charge on any atom is 0.254 e. The Labute approximate surface area is 105 Å². The highest BCUT2D eigenvalue weighted by molar-refractivity contribution is 5.94. The molecule has 0 aromatic carbocycles. The number of pyridine rings is 1. The van der Waals surface area contributed by atoms with Crippen LogP contribution in [0.25, 0.3) is 0 Å². The molecule has 1 aromatic heterocycles. The minimum Gasteiger partial charge on any atom is -0.393 e. The molecule has 0 saturated heterocycles. The van der Waals surface area contributed by atoms with Gasteiger partial charge in [-0.3, -0.25) is 9.78 Å². The average Bonchev–Trinajstić information content (AvgIpc) is 2.38. The number of nitrogens with one attached hydrogen (secondary N) is 1. The van der Waals surface area contributed by atoms with Crippen LogP contribution in [0.4, 0.5) is 4.39 Å². The van der Waals surface area contributed by atoms with E-state index in [9.17, 15) is 14.3 Å². The van der Waals surface area contributed by atoms with Crippen molar-refractivity contribution < 1.29 is 14.3 Å². The molecule has 1 aliphatic carbocycles. The van der Waals surface area contributed by atoms with E-state index in [-0.39, 0.29) is 11.7 Å². The summed E-state index contributed by atoms with van der Waals surface area (Å²) in [6.45, 7) is 0.535. The van der Waals surface area contributed by atoms with Gasteiger partial charge in [-0.1, -0.05) is 0 Å². The van der Waals surface area contributed by atoms with Crippen molar-refractivity contribution in [1.29, 1.82) is 0 Å². The molecule has 2 N–H and O–H groups in total. The molecule has 0 bridgehead atoms. The normalized spacial score (nSPS) is 23.7. The fraction of sp³-hybridized carbons (Fsp3) is 0.538. The van der Waals surface area contributed by atoms with Gasteiger partial charge < -0.3 is 10.4 Å². The molecule has 0 unspecified atom stereocenters. The van der Waals surface area contributed by atoms with E-state index in [0.29, 0.717) is 12.5 Å². The standard InChI is InChI=1S/C13H17FN2O2/c14-12-8-15-6-5-11(12)13(18)16-7-9-1-3-10(17)4-2-9/h5-6,8-10,17H,1-4,7H2,(H,16,18). The molecule has 2 rings (SSSR count). The number of aliphatic hydroxyl groups excluding tert-OH is 1. The Hall–Kier alpha value is -1.49. The van der Waals surface area contributed by atoms with Crippen molar-refractivity contribution in [3.8, 4) is 0 Å². The molecule has 1 saturated carbocycles. The van der Waals surface area contributed by atoms with E-state index >= 15 is 0 Å². The molecule has 1 heterocycles. The zero-order valence-electron chi connectivity index (χ0n) is 10.1. The van der Waals surface area contributed by atoms with Crippen molar-refractivity contribution in [2.24, 2.45) is 5.92 Å². The first-order valence-corrected chi connectivity index (χ1v) is 6.22. The number of carbonyl (C=O) groups excluding carboxylic acids is 1. The predicted molar refractivity (Wildman–Crippen MR) is 64.5 cm³/mol. The van der Waals surface area contributed by atoms with Crippen molar-refractivity contribution in [1.82, 2.24) is 10.3 Å². The van der Waals surface area contributed by atoms with Gasteiger partial charge in [-0.15, -0.1) is 0 Å². The zero-order chi connectivity index (χ0) is 13.0. The van der Waals surface area contributed by atoms with Gasteiger partial charge in [-0.25, -0.2) is 4.39 Å². The number of hydrogen-bond acceptors (Lipinski definition) is 3. The SMILES string of the molecule is O=C(NCC1CCC(O)CC1)c1ccncc1F. The molecule has 1 aromatic rings. The van der Waals surface area contributed by atoms with Crippen LogP contribution in [-0.4, -0.2) is 28.6 Å². The molecule has 18 heavy (non-hydrogen) atoms. The van der Waals surface area contributed by atoms with Gasteiger partial charge in [0.2, 0.25) is 0 Å². The Morgan fingerprint density at radius 1 is 1.44 bits per heavy atom. The van der Waals surface area contributed by atoms with Gasteiger partial charge in [0, 0.05) is 12.7 Å². The molecular weight excluding hydrogens is 235 g/mol. The number of aromatic nitrogens is 1. The second-order valence-electron chi connectivity index (χ2n) is 4.74. The summed E-state index contributed by atoms with van der Waals surface area (Å²) < 4.78 is 13.3. The van der Waals surface area contributed by atoms with Gasteiger partial charge in [-0.05, 0) is 37.7 Å². The lowest BCUT2D eigenvalue weighted by molar-refractivity contribution is 0.0906. The van der Waals surface area contributed by atoms with Crippen LogP contribution in [-0.2, 0) is 0 Å². The summed E-state index contributed by atoms with van der Waals surface area (Å²) in [5.74, 6) is -0.627. The third kappa shape index (κ3) is 3.26. The van der Waals surface area contributed by atoms with E-state index in [1.54, 1.807) is 0 Å². The average molecular weight is 252 g/mol. The van der Waals surface area contributed by atoms with Crippen molar-refractivity contribution in [3.05, 3.63) is 29.8 Å². The van der Waals surface area contributed by atoms with E-state index in [1.807, 2.05) is 0 Å². The Morgan fingerprint density at radius 3 is 2.83 bits per heavy atom. The molecule has 1 amide bonds. The van der Waals surface area contributed by atoms with Crippen LogP contribution in [0.1, 0.15) is 36.0 Å². The highest BCUT2D eigenvalue weighted by atomic mass is 19.1. The van der Waals surface area contributed by atoms with Crippen LogP contribution in [0.15, 0.2) is 18.5 Å². The van der Waals surface area contributed by atoms with Crippen molar-refractivity contribution in [2.45, 2.75) is 31.8 Å². The van der Waals surface area contributed by atoms with Crippen LogP contribution in [0.5, 0.6) is 0 Å². The summed E-state index contributed by atoms with van der Waals surface area (Å²) in [6, 6.07) is 1.37. The summed E-state index contributed by atoms with van der Waals surface area (Å²) in [4.78, 5) is 15.3. The molecule has 0 spiro atoms. The molecule has 1 aliphatic rings. The van der Waals surface area contributed by atoms with Crippen molar-refractivity contribution in [2.75, 3.05) is 6.54 Å². The van der Waals surface area contributed by atoms with E-state index in [1.165, 1.54) is 12.3 Å². The number of hydrogen-bond donors (Lipinski definition) is 2. The Bertz CT molecular complexity index is 417. The first-order chi connectivity index (χ1) is 8.66. The summed E-state index contributed by atoms with van der Waals surface area (Å²) >= 11 is 0. The summed E-state index contributed by atoms with van der Waals surface area (Å²) in [5, 5.41) is 12.1. The van der Waals surface area contributed by atoms with E-state index in [0.717, 1.165) is 31.9 Å². The lowest BCUT2D eigenvalue weighted by Gasteiger charge is -2.25. The number of halogens is 1. The quantitative estimate of drug-likeness (QED) is 0.857. The molecule has 0 aliphatic heterocycles. The highest BCUT2D eigenvalue weighted by Crippen LogP contribution is 2.23. The third-order valence-electron chi connectivity index (χ3n) is 3.38. The fourth-order valence-corrected chi connectivity index (χ4v) is 2.24. The van der Waals surface area contributed by atoms with Crippen LogP contribution in [0, 0.1) is 11.7 Å². The fourth-order valence-electron chi connectivity index (χ4n) is 2.24. The van der Waals surface area contributed by atoms with E-state index < -0.39 is 11.7 Å². The topological polar surface area (TPSA) is 62.2 Å². The van der Waals surface area contributed by atoms with Crippen LogP contribution in [0.3, 0.4) is 0 Å². The Balaban J connectivity index is 1.84. The first kappa shape index (κ1) is 13.0. The number of rotatable bonds is 3. The van der Waals surface area contributed by atoms with Crippen LogP contribution < -0.4 is 5.32 Å². The van der Waals surface area contributed by atoms with Crippen molar-refractivity contribution >= 4 is 5.91 Å². The number of aliphatic hydroxyl groups is 1. The minimum absolute atomic E-state index is 0.0286. The number of carbonyl (C=O) groups is 1. The molecule has 4 nitrogen and oxygen atoms in total. The molecular formula is C13H17FN2O2. The van der Waals surface area contributed by atoms with Gasteiger partial charge in [0.25, 0.3) is 5.91 Å². The lowest BCUT2D eigenvalue weighted by Crippen LogP contribution is -2.32. The molecule has 98 valence electrons. The van der Waals surface area contributed by atoms with Gasteiger partial charge in [0.1, 0.15) is 0 Å². The first-order valence-electron chi connectivity index (χ1n) is 6.22. The van der Waals surface area contributed by atoms with E-state index in [4.69, 9.17) is 0 Å². The molecule has 1 fully saturated rings. The third-order valence-corrected chi connectivity index (χ3v) is 3.38. The summed E-state index contributed by atoms with van der Waals surface area (Å²) in [7, 11) is 0. The lowest BCUT2D eigenvalue weighted by atomic mass is 9.87. The summed E-state index contributed by atoms with van der Waals surface area (Å²) in [5.41, 5.74) is 0.0286. The molecule has 5 heteroatoms. The van der Waals surface area contributed by atoms with Crippen LogP contribution in [0.2, 0.25) is 0 Å². The largest absolute Gasteiger partial charge is 0.393 e. The van der Waals surface area contributed by atoms with E-state index in [2.05, 4.69) is 10.3 Å². The second-order valence-corrected chi connectivity index (χ2v) is 4.74. The predicted octanol–water partition coefficient (Wildman–Crippen LogP) is 1.50. The number of amides is 1. The summed E-state index contributed by atoms with van der Waals surface area (Å²) in [6.07, 6.45) is 5.60. The maximum absolute atomic E-state index is 13.3. The van der Waals surface area contributed by atoms with Crippen molar-refractivity contribution in [3.63, 3.8) is 0 Å². The Kier molecular flexibility index (Phi) is 4.25.